The number of nitrogens with one attached hydrogen (secondary N) is 1. The quantitative estimate of drug-likeness (QED) is 0.694. The highest BCUT2D eigenvalue weighted by Crippen LogP contribution is 2.19. The molecule has 0 radical (unpaired) electrons. The first-order valence-corrected chi connectivity index (χ1v) is 5.02. The van der Waals surface area contributed by atoms with Crippen LogP contribution in [0, 0.1) is 13.8 Å². The van der Waals surface area contributed by atoms with Crippen molar-refractivity contribution in [3.8, 4) is 0 Å². The summed E-state index contributed by atoms with van der Waals surface area (Å²) in [6.45, 7) is 6.87. The van der Waals surface area contributed by atoms with E-state index in [0.29, 0.717) is 6.54 Å². The van der Waals surface area contributed by atoms with Crippen molar-refractivity contribution in [2.75, 3.05) is 13.1 Å². The Bertz CT molecular complexity index is 243. The number of hydrogen-bond donors (Lipinski definition) is 2. The first-order valence-electron chi connectivity index (χ1n) is 4.20. The van der Waals surface area contributed by atoms with E-state index in [1.165, 1.54) is 15.3 Å². The molecule has 12 heavy (non-hydrogen) atoms. The molecule has 0 saturated heterocycles. The fourth-order valence-corrected chi connectivity index (χ4v) is 2.13. The van der Waals surface area contributed by atoms with Gasteiger partial charge < -0.3 is 11.1 Å². The van der Waals surface area contributed by atoms with Crippen LogP contribution in [-0.2, 0) is 6.54 Å². The lowest BCUT2D eigenvalue weighted by molar-refractivity contribution is 0.694. The minimum absolute atomic E-state index is 0.710. The van der Waals surface area contributed by atoms with Gasteiger partial charge >= 0.3 is 0 Å². The lowest BCUT2D eigenvalue weighted by atomic mass is 10.2. The third-order valence-corrected chi connectivity index (χ3v) is 2.79. The Morgan fingerprint density at radius 2 is 2.25 bits per heavy atom. The molecule has 0 bridgehead atoms. The van der Waals surface area contributed by atoms with E-state index in [1.54, 1.807) is 0 Å². The van der Waals surface area contributed by atoms with E-state index < -0.39 is 0 Å². The smallest absolute Gasteiger partial charge is 0.0217 e. The van der Waals surface area contributed by atoms with Gasteiger partial charge in [0.2, 0.25) is 0 Å². The van der Waals surface area contributed by atoms with Crippen LogP contribution >= 0.6 is 11.3 Å². The highest BCUT2D eigenvalue weighted by Gasteiger charge is 2.00. The van der Waals surface area contributed by atoms with Crippen molar-refractivity contribution >= 4 is 11.3 Å². The van der Waals surface area contributed by atoms with E-state index in [-0.39, 0.29) is 0 Å². The Morgan fingerprint density at radius 3 is 2.75 bits per heavy atom. The minimum atomic E-state index is 0.710. The van der Waals surface area contributed by atoms with Crippen LogP contribution in [0.5, 0.6) is 0 Å². The van der Waals surface area contributed by atoms with E-state index in [0.717, 1.165) is 13.1 Å². The predicted octanol–water partition coefficient (Wildman–Crippen LogP) is 1.41. The fraction of sp³-hybridized carbons (Fsp3) is 0.556. The van der Waals surface area contributed by atoms with Gasteiger partial charge in [-0.05, 0) is 25.5 Å². The summed E-state index contributed by atoms with van der Waals surface area (Å²) in [5, 5.41) is 3.29. The molecule has 3 N–H and O–H groups in total. The van der Waals surface area contributed by atoms with Crippen molar-refractivity contribution in [3.63, 3.8) is 0 Å². The van der Waals surface area contributed by atoms with Crippen LogP contribution in [-0.4, -0.2) is 13.1 Å². The summed E-state index contributed by atoms with van der Waals surface area (Å²) in [7, 11) is 0. The van der Waals surface area contributed by atoms with Crippen LogP contribution in [0.3, 0.4) is 0 Å². The molecule has 0 spiro atoms. The number of hydrogen-bond acceptors (Lipinski definition) is 3. The summed E-state index contributed by atoms with van der Waals surface area (Å²) >= 11 is 1.86. The van der Waals surface area contributed by atoms with Gasteiger partial charge in [0.1, 0.15) is 0 Å². The van der Waals surface area contributed by atoms with Gasteiger partial charge in [0.05, 0.1) is 0 Å². The molecule has 1 heterocycles. The molecule has 0 aromatic carbocycles. The fourth-order valence-electron chi connectivity index (χ4n) is 1.18. The second kappa shape index (κ2) is 4.60. The third-order valence-electron chi connectivity index (χ3n) is 1.78. The maximum atomic E-state index is 5.38. The van der Waals surface area contributed by atoms with Crippen LogP contribution in [0.25, 0.3) is 0 Å². The van der Waals surface area contributed by atoms with Gasteiger partial charge in [0.25, 0.3) is 0 Å². The number of thiophene rings is 1. The van der Waals surface area contributed by atoms with Crippen molar-refractivity contribution < 1.29 is 0 Å². The van der Waals surface area contributed by atoms with E-state index in [4.69, 9.17) is 5.73 Å². The van der Waals surface area contributed by atoms with E-state index in [9.17, 15) is 0 Å². The van der Waals surface area contributed by atoms with Gasteiger partial charge in [-0.15, -0.1) is 11.3 Å². The van der Waals surface area contributed by atoms with Gasteiger partial charge in [-0.25, -0.2) is 0 Å². The average Bonchev–Trinajstić information content (AvgIpc) is 2.31. The highest BCUT2D eigenvalue weighted by atomic mass is 32.1. The van der Waals surface area contributed by atoms with Crippen molar-refractivity contribution in [2.45, 2.75) is 20.4 Å². The van der Waals surface area contributed by atoms with Crippen LogP contribution in [0.2, 0.25) is 0 Å². The monoisotopic (exact) mass is 184 g/mol. The SMILES string of the molecule is Cc1cc(CNCCN)c(C)s1. The zero-order valence-corrected chi connectivity index (χ0v) is 8.50. The molecule has 3 heteroatoms. The molecule has 1 aromatic heterocycles. The molecular weight excluding hydrogens is 168 g/mol. The molecule has 0 saturated carbocycles. The maximum absolute atomic E-state index is 5.38. The Hall–Kier alpha value is -0.380. The highest BCUT2D eigenvalue weighted by molar-refractivity contribution is 7.12. The molecule has 0 aliphatic heterocycles. The first kappa shape index (κ1) is 9.71. The van der Waals surface area contributed by atoms with E-state index in [1.807, 2.05) is 11.3 Å². The third kappa shape index (κ3) is 2.59. The van der Waals surface area contributed by atoms with Gasteiger partial charge in [-0.3, -0.25) is 0 Å². The molecule has 68 valence electrons. The van der Waals surface area contributed by atoms with E-state index >= 15 is 0 Å². The zero-order chi connectivity index (χ0) is 8.97. The second-order valence-electron chi connectivity index (χ2n) is 2.90. The predicted molar refractivity (Wildman–Crippen MR) is 54.6 cm³/mol. The van der Waals surface area contributed by atoms with E-state index in [2.05, 4.69) is 25.2 Å². The van der Waals surface area contributed by atoms with Crippen LogP contribution in [0.1, 0.15) is 15.3 Å². The lowest BCUT2D eigenvalue weighted by Gasteiger charge is -2.00. The molecule has 1 rings (SSSR count). The average molecular weight is 184 g/mol. The molecule has 2 nitrogen and oxygen atoms in total. The Morgan fingerprint density at radius 1 is 1.50 bits per heavy atom. The molecule has 0 aliphatic carbocycles. The molecule has 0 fully saturated rings. The molecule has 0 atom stereocenters. The van der Waals surface area contributed by atoms with Crippen molar-refractivity contribution in [2.24, 2.45) is 5.73 Å². The van der Waals surface area contributed by atoms with Crippen LogP contribution < -0.4 is 11.1 Å². The summed E-state index contributed by atoms with van der Waals surface area (Å²) in [5.41, 5.74) is 6.78. The Labute approximate surface area is 77.8 Å². The summed E-state index contributed by atoms with van der Waals surface area (Å²) in [6, 6.07) is 2.24. The lowest BCUT2D eigenvalue weighted by Crippen LogP contribution is -2.21. The standard InChI is InChI=1S/C9H16N2S/c1-7-5-9(8(2)12-7)6-11-4-3-10/h5,11H,3-4,6,10H2,1-2H3. The largest absolute Gasteiger partial charge is 0.329 e. The summed E-state index contributed by atoms with van der Waals surface area (Å²) in [6.07, 6.45) is 0. The number of aryl methyl sites for hydroxylation is 2. The molecule has 0 aliphatic rings. The molecule has 0 unspecified atom stereocenters. The minimum Gasteiger partial charge on any atom is -0.329 e. The molecular formula is C9H16N2S. The van der Waals surface area contributed by atoms with Crippen LogP contribution in [0.15, 0.2) is 6.07 Å². The van der Waals surface area contributed by atoms with Gasteiger partial charge in [0.15, 0.2) is 0 Å². The van der Waals surface area contributed by atoms with Crippen LogP contribution in [0.4, 0.5) is 0 Å². The Kier molecular flexibility index (Phi) is 3.72. The van der Waals surface area contributed by atoms with Crippen molar-refractivity contribution in [1.29, 1.82) is 0 Å². The number of rotatable bonds is 4. The second-order valence-corrected chi connectivity index (χ2v) is 4.36. The van der Waals surface area contributed by atoms with Crippen molar-refractivity contribution in [1.82, 2.24) is 5.32 Å². The molecule has 0 amide bonds. The normalized spacial score (nSPS) is 10.6. The summed E-state index contributed by atoms with van der Waals surface area (Å²) in [4.78, 5) is 2.80. The van der Waals surface area contributed by atoms with Gasteiger partial charge in [-0.2, -0.15) is 0 Å². The Balaban J connectivity index is 2.45. The number of nitrogens with two attached hydrogens (primary N) is 1. The van der Waals surface area contributed by atoms with Gasteiger partial charge in [-0.1, -0.05) is 0 Å². The van der Waals surface area contributed by atoms with Crippen molar-refractivity contribution in [3.05, 3.63) is 21.4 Å². The first-order chi connectivity index (χ1) is 5.74. The van der Waals surface area contributed by atoms with Gasteiger partial charge in [0, 0.05) is 29.4 Å². The topological polar surface area (TPSA) is 38.0 Å². The molecule has 1 aromatic rings. The summed E-state index contributed by atoms with van der Waals surface area (Å²) in [5.74, 6) is 0. The maximum Gasteiger partial charge on any atom is 0.0217 e. The zero-order valence-electron chi connectivity index (χ0n) is 7.68. The summed E-state index contributed by atoms with van der Waals surface area (Å²) < 4.78 is 0.